The Hall–Kier alpha value is -3.07. The van der Waals surface area contributed by atoms with Gasteiger partial charge in [-0.2, -0.15) is 18.2 Å². The number of alkyl halides is 3. The highest BCUT2D eigenvalue weighted by Crippen LogP contribution is 2.36. The number of aromatic nitrogens is 2. The monoisotopic (exact) mass is 402 g/mol. The van der Waals surface area contributed by atoms with Crippen molar-refractivity contribution in [2.45, 2.75) is 6.18 Å². The minimum Gasteiger partial charge on any atom is -0.334 e. The molecule has 0 fully saturated rings. The standard InChI is InChI=1S/C19H13F3N4OS/c1-26-10-23-14-7-6-11(8-15(14)26)9-16-17(27)25-18(28-16)24-13-5-3-2-4-12(13)19(20,21)22/h2-10H,1H3,(H,24,25,27)/b16-9-. The van der Waals surface area contributed by atoms with Crippen molar-refractivity contribution in [3.63, 3.8) is 0 Å². The van der Waals surface area contributed by atoms with E-state index in [0.29, 0.717) is 4.91 Å². The van der Waals surface area contributed by atoms with Crippen molar-refractivity contribution in [2.24, 2.45) is 12.0 Å². The predicted octanol–water partition coefficient (Wildman–Crippen LogP) is 4.67. The van der Waals surface area contributed by atoms with Crippen LogP contribution < -0.4 is 5.32 Å². The molecule has 142 valence electrons. The lowest BCUT2D eigenvalue weighted by atomic mass is 10.2. The van der Waals surface area contributed by atoms with Crippen molar-refractivity contribution >= 4 is 45.6 Å². The Balaban J connectivity index is 1.57. The van der Waals surface area contributed by atoms with Crippen LogP contribution in [0.1, 0.15) is 11.1 Å². The first-order chi connectivity index (χ1) is 13.3. The highest BCUT2D eigenvalue weighted by molar-refractivity contribution is 8.18. The number of anilines is 1. The summed E-state index contributed by atoms with van der Waals surface area (Å²) < 4.78 is 41.2. The highest BCUT2D eigenvalue weighted by Gasteiger charge is 2.34. The number of carbonyl (C=O) groups is 1. The number of nitrogens with zero attached hydrogens (tertiary/aromatic N) is 3. The van der Waals surface area contributed by atoms with Gasteiger partial charge >= 0.3 is 6.18 Å². The van der Waals surface area contributed by atoms with Gasteiger partial charge in [-0.1, -0.05) is 18.2 Å². The first-order valence-corrected chi connectivity index (χ1v) is 9.00. The van der Waals surface area contributed by atoms with Crippen LogP contribution in [0.2, 0.25) is 0 Å². The fourth-order valence-electron chi connectivity index (χ4n) is 2.80. The van der Waals surface area contributed by atoms with Gasteiger partial charge in [0.05, 0.1) is 33.5 Å². The predicted molar refractivity (Wildman–Crippen MR) is 104 cm³/mol. The zero-order valence-electron chi connectivity index (χ0n) is 14.5. The van der Waals surface area contributed by atoms with Gasteiger partial charge in [0.2, 0.25) is 0 Å². The normalized spacial score (nSPS) is 16.1. The number of rotatable bonds is 2. The van der Waals surface area contributed by atoms with E-state index < -0.39 is 17.6 Å². The molecule has 1 aliphatic rings. The number of para-hydroxylation sites is 1. The van der Waals surface area contributed by atoms with Crippen molar-refractivity contribution < 1.29 is 18.0 Å². The van der Waals surface area contributed by atoms with Crippen LogP contribution in [0.15, 0.2) is 58.7 Å². The number of halogens is 3. The molecule has 2 heterocycles. The van der Waals surface area contributed by atoms with Crippen molar-refractivity contribution in [1.82, 2.24) is 9.55 Å². The fourth-order valence-corrected chi connectivity index (χ4v) is 3.63. The Morgan fingerprint density at radius 3 is 2.75 bits per heavy atom. The zero-order chi connectivity index (χ0) is 19.9. The molecule has 0 unspecified atom stereocenters. The molecular formula is C19H13F3N4OS. The number of aryl methyl sites for hydroxylation is 1. The van der Waals surface area contributed by atoms with Crippen LogP contribution in [0.4, 0.5) is 18.9 Å². The van der Waals surface area contributed by atoms with E-state index in [-0.39, 0.29) is 10.9 Å². The quantitative estimate of drug-likeness (QED) is 0.633. The number of aliphatic imine (C=N–C) groups is 1. The Kier molecular flexibility index (Phi) is 4.46. The van der Waals surface area contributed by atoms with Crippen LogP contribution in [-0.4, -0.2) is 20.6 Å². The molecule has 28 heavy (non-hydrogen) atoms. The van der Waals surface area contributed by atoms with E-state index in [0.717, 1.165) is 34.4 Å². The van der Waals surface area contributed by atoms with Crippen LogP contribution in [0.5, 0.6) is 0 Å². The van der Waals surface area contributed by atoms with Gasteiger partial charge in [-0.3, -0.25) is 4.79 Å². The second-order valence-corrected chi connectivity index (χ2v) is 7.14. The van der Waals surface area contributed by atoms with E-state index in [4.69, 9.17) is 0 Å². The molecule has 5 nitrogen and oxygen atoms in total. The molecule has 0 bridgehead atoms. The molecule has 3 aromatic rings. The Bertz CT molecular complexity index is 1150. The molecule has 1 aromatic heterocycles. The van der Waals surface area contributed by atoms with Gasteiger partial charge in [0, 0.05) is 7.05 Å². The molecule has 4 rings (SSSR count). The Labute approximate surface area is 162 Å². The second-order valence-electron chi connectivity index (χ2n) is 6.10. The summed E-state index contributed by atoms with van der Waals surface area (Å²) in [7, 11) is 1.87. The van der Waals surface area contributed by atoms with E-state index in [1.165, 1.54) is 18.2 Å². The van der Waals surface area contributed by atoms with E-state index in [2.05, 4.69) is 15.3 Å². The average Bonchev–Trinajstić information content (AvgIpc) is 3.17. The Morgan fingerprint density at radius 2 is 1.96 bits per heavy atom. The van der Waals surface area contributed by atoms with Gasteiger partial charge in [-0.15, -0.1) is 0 Å². The van der Waals surface area contributed by atoms with Gasteiger partial charge in [0.15, 0.2) is 5.17 Å². The summed E-state index contributed by atoms with van der Waals surface area (Å²) in [5.74, 6) is -0.498. The third kappa shape index (κ3) is 3.53. The molecular weight excluding hydrogens is 389 g/mol. The average molecular weight is 402 g/mol. The van der Waals surface area contributed by atoms with E-state index in [9.17, 15) is 18.0 Å². The van der Waals surface area contributed by atoms with E-state index >= 15 is 0 Å². The number of imidazole rings is 1. The van der Waals surface area contributed by atoms with Crippen LogP contribution in [0.25, 0.3) is 17.1 Å². The number of amides is 1. The van der Waals surface area contributed by atoms with Crippen LogP contribution in [0, 0.1) is 0 Å². The zero-order valence-corrected chi connectivity index (χ0v) is 15.3. The number of amidine groups is 1. The summed E-state index contributed by atoms with van der Waals surface area (Å²) in [5, 5.41) is 2.72. The summed E-state index contributed by atoms with van der Waals surface area (Å²) in [5.41, 5.74) is 1.55. The summed E-state index contributed by atoms with van der Waals surface area (Å²) in [6.45, 7) is 0. The fraction of sp³-hybridized carbons (Fsp3) is 0.105. The van der Waals surface area contributed by atoms with Gasteiger partial charge in [-0.25, -0.2) is 4.98 Å². The number of fused-ring (bicyclic) bond motifs is 1. The summed E-state index contributed by atoms with van der Waals surface area (Å²) >= 11 is 1.00. The second kappa shape index (κ2) is 6.83. The van der Waals surface area contributed by atoms with Crippen molar-refractivity contribution in [3.8, 4) is 0 Å². The van der Waals surface area contributed by atoms with E-state index in [1.54, 1.807) is 12.4 Å². The lowest BCUT2D eigenvalue weighted by molar-refractivity contribution is -0.136. The molecule has 1 aliphatic heterocycles. The number of nitrogens with one attached hydrogen (secondary N) is 1. The smallest absolute Gasteiger partial charge is 0.334 e. The summed E-state index contributed by atoms with van der Waals surface area (Å²) in [6.07, 6.45) is -1.15. The molecule has 0 aliphatic carbocycles. The molecule has 0 radical (unpaired) electrons. The van der Waals surface area contributed by atoms with Gasteiger partial charge in [0.1, 0.15) is 0 Å². The molecule has 1 amide bonds. The van der Waals surface area contributed by atoms with Crippen molar-refractivity contribution in [2.75, 3.05) is 5.32 Å². The minimum atomic E-state index is -4.51. The maximum Gasteiger partial charge on any atom is 0.418 e. The maximum absolute atomic E-state index is 13.1. The maximum atomic E-state index is 13.1. The highest BCUT2D eigenvalue weighted by atomic mass is 32.2. The molecule has 1 N–H and O–H groups in total. The number of carbonyl (C=O) groups excluding carboxylic acids is 1. The molecule has 0 spiro atoms. The third-order valence-electron chi connectivity index (χ3n) is 4.14. The molecule has 2 aromatic carbocycles. The molecule has 0 saturated heterocycles. The lowest BCUT2D eigenvalue weighted by Gasteiger charge is -2.13. The number of hydrogen-bond donors (Lipinski definition) is 1. The van der Waals surface area contributed by atoms with Crippen molar-refractivity contribution in [1.29, 1.82) is 0 Å². The Morgan fingerprint density at radius 1 is 1.18 bits per heavy atom. The number of hydrogen-bond acceptors (Lipinski definition) is 4. The van der Waals surface area contributed by atoms with E-state index in [1.807, 2.05) is 29.8 Å². The van der Waals surface area contributed by atoms with Gasteiger partial charge in [0.25, 0.3) is 5.91 Å². The SMILES string of the molecule is Cn1cnc2ccc(/C=C3\SC(Nc4ccccc4C(F)(F)F)=NC3=O)cc21. The van der Waals surface area contributed by atoms with Crippen molar-refractivity contribution in [3.05, 3.63) is 64.8 Å². The summed E-state index contributed by atoms with van der Waals surface area (Å²) in [6, 6.07) is 10.6. The molecule has 0 atom stereocenters. The number of benzene rings is 2. The topological polar surface area (TPSA) is 59.3 Å². The van der Waals surface area contributed by atoms with Crippen LogP contribution in [0.3, 0.4) is 0 Å². The largest absolute Gasteiger partial charge is 0.418 e. The molecule has 0 saturated carbocycles. The molecule has 9 heteroatoms. The summed E-state index contributed by atoms with van der Waals surface area (Å²) in [4.78, 5) is 20.6. The first kappa shape index (κ1) is 18.3. The van der Waals surface area contributed by atoms with Crippen LogP contribution >= 0.6 is 11.8 Å². The van der Waals surface area contributed by atoms with Crippen LogP contribution in [-0.2, 0) is 18.0 Å². The minimum absolute atomic E-state index is 0.106. The van der Waals surface area contributed by atoms with Gasteiger partial charge in [-0.05, 0) is 47.7 Å². The third-order valence-corrected chi connectivity index (χ3v) is 5.04. The lowest BCUT2D eigenvalue weighted by Crippen LogP contribution is -2.13. The van der Waals surface area contributed by atoms with Gasteiger partial charge < -0.3 is 9.88 Å². The first-order valence-electron chi connectivity index (χ1n) is 8.18. The number of thioether (sulfide) groups is 1.